The van der Waals surface area contributed by atoms with Gasteiger partial charge >= 0.3 is 0 Å². The lowest BCUT2D eigenvalue weighted by Gasteiger charge is -2.44. The van der Waals surface area contributed by atoms with Crippen molar-refractivity contribution in [1.82, 2.24) is 9.80 Å². The fraction of sp³-hybridized carbons (Fsp3) is 1.00. The van der Waals surface area contributed by atoms with Gasteiger partial charge in [-0.2, -0.15) is 0 Å². The number of rotatable bonds is 4. The molecule has 1 saturated heterocycles. The number of nitrogens with two attached hydrogens (primary N) is 1. The first-order valence-corrected chi connectivity index (χ1v) is 7.04. The van der Waals surface area contributed by atoms with Crippen LogP contribution in [-0.4, -0.2) is 66.8 Å². The fourth-order valence-corrected chi connectivity index (χ4v) is 2.82. The second-order valence-electron chi connectivity index (χ2n) is 6.87. The summed E-state index contributed by atoms with van der Waals surface area (Å²) in [5.74, 6) is 0. The Hall–Kier alpha value is -0.160. The largest absolute Gasteiger partial charge is 0.395 e. The van der Waals surface area contributed by atoms with Gasteiger partial charge in [-0.15, -0.1) is 0 Å². The molecular weight excluding hydrogens is 226 g/mol. The zero-order valence-electron chi connectivity index (χ0n) is 12.7. The van der Waals surface area contributed by atoms with Gasteiger partial charge in [-0.3, -0.25) is 4.90 Å². The molecule has 0 spiro atoms. The van der Waals surface area contributed by atoms with Crippen molar-refractivity contribution in [2.24, 2.45) is 11.1 Å². The first-order valence-electron chi connectivity index (χ1n) is 7.04. The summed E-state index contributed by atoms with van der Waals surface area (Å²) in [5.41, 5.74) is 6.35. The molecule has 0 radical (unpaired) electrons. The van der Waals surface area contributed by atoms with E-state index in [2.05, 4.69) is 44.7 Å². The van der Waals surface area contributed by atoms with E-state index >= 15 is 0 Å². The molecule has 3 atom stereocenters. The molecule has 0 amide bonds. The number of likely N-dealkylation sites (tertiary alicyclic amines) is 1. The molecule has 1 fully saturated rings. The Morgan fingerprint density at radius 1 is 1.44 bits per heavy atom. The molecule has 1 heterocycles. The number of piperidine rings is 1. The molecule has 0 aliphatic carbocycles. The number of hydrogen-bond acceptors (Lipinski definition) is 4. The maximum absolute atomic E-state index is 9.69. The lowest BCUT2D eigenvalue weighted by Crippen LogP contribution is -2.59. The first kappa shape index (κ1) is 15.9. The molecule has 18 heavy (non-hydrogen) atoms. The minimum atomic E-state index is -0.0141. The fourth-order valence-electron chi connectivity index (χ4n) is 2.82. The summed E-state index contributed by atoms with van der Waals surface area (Å²) in [5, 5.41) is 9.69. The highest BCUT2D eigenvalue weighted by atomic mass is 16.3. The van der Waals surface area contributed by atoms with Crippen molar-refractivity contribution in [2.45, 2.75) is 51.7 Å². The Labute approximate surface area is 112 Å². The number of aliphatic hydroxyl groups excluding tert-OH is 1. The third-order valence-corrected chi connectivity index (χ3v) is 4.30. The average Bonchev–Trinajstić information content (AvgIpc) is 2.28. The Morgan fingerprint density at radius 3 is 2.50 bits per heavy atom. The van der Waals surface area contributed by atoms with Gasteiger partial charge in [-0.05, 0) is 38.9 Å². The van der Waals surface area contributed by atoms with Gasteiger partial charge in [0.25, 0.3) is 0 Å². The second kappa shape index (κ2) is 6.33. The van der Waals surface area contributed by atoms with Crippen LogP contribution in [0.25, 0.3) is 0 Å². The maximum atomic E-state index is 9.69. The predicted molar refractivity (Wildman–Crippen MR) is 76.6 cm³/mol. The van der Waals surface area contributed by atoms with Crippen LogP contribution in [0.1, 0.15) is 33.6 Å². The van der Waals surface area contributed by atoms with Gasteiger partial charge in [0.1, 0.15) is 0 Å². The third kappa shape index (κ3) is 3.92. The van der Waals surface area contributed by atoms with Crippen LogP contribution in [0.15, 0.2) is 0 Å². The Balaban J connectivity index is 2.69. The summed E-state index contributed by atoms with van der Waals surface area (Å²) in [7, 11) is 4.27. The molecule has 3 N–H and O–H groups in total. The molecule has 108 valence electrons. The van der Waals surface area contributed by atoms with Gasteiger partial charge < -0.3 is 15.7 Å². The molecule has 1 aliphatic heterocycles. The second-order valence-corrected chi connectivity index (χ2v) is 6.87. The number of nitrogens with zero attached hydrogens (tertiary/aromatic N) is 2. The minimum Gasteiger partial charge on any atom is -0.395 e. The SMILES string of the molecule is CN1CCCC(N(C)C(CO)C(N)C(C)(C)C)C1. The van der Waals surface area contributed by atoms with Crippen molar-refractivity contribution in [2.75, 3.05) is 33.8 Å². The molecule has 1 aliphatic rings. The molecule has 0 aromatic heterocycles. The molecule has 4 nitrogen and oxygen atoms in total. The maximum Gasteiger partial charge on any atom is 0.0602 e. The van der Waals surface area contributed by atoms with E-state index in [1.165, 1.54) is 19.4 Å². The summed E-state index contributed by atoms with van der Waals surface area (Å²) in [4.78, 5) is 4.66. The van der Waals surface area contributed by atoms with Crippen LogP contribution in [0.5, 0.6) is 0 Å². The molecule has 4 heteroatoms. The topological polar surface area (TPSA) is 52.7 Å². The lowest BCUT2D eigenvalue weighted by atomic mass is 9.82. The zero-order chi connectivity index (χ0) is 13.9. The molecule has 3 unspecified atom stereocenters. The van der Waals surface area contributed by atoms with Crippen molar-refractivity contribution in [1.29, 1.82) is 0 Å². The average molecular weight is 257 g/mol. The number of aliphatic hydroxyl groups is 1. The highest BCUT2D eigenvalue weighted by Crippen LogP contribution is 2.25. The van der Waals surface area contributed by atoms with E-state index < -0.39 is 0 Å². The van der Waals surface area contributed by atoms with Crippen LogP contribution >= 0.6 is 0 Å². The Morgan fingerprint density at radius 2 is 2.06 bits per heavy atom. The highest BCUT2D eigenvalue weighted by Gasteiger charge is 2.34. The van der Waals surface area contributed by atoms with Gasteiger partial charge in [0.2, 0.25) is 0 Å². The smallest absolute Gasteiger partial charge is 0.0602 e. The van der Waals surface area contributed by atoms with Crippen LogP contribution in [-0.2, 0) is 0 Å². The van der Waals surface area contributed by atoms with E-state index in [0.29, 0.717) is 6.04 Å². The van der Waals surface area contributed by atoms with Gasteiger partial charge in [-0.1, -0.05) is 20.8 Å². The summed E-state index contributed by atoms with van der Waals surface area (Å²) >= 11 is 0. The minimum absolute atomic E-state index is 0.0141. The summed E-state index contributed by atoms with van der Waals surface area (Å²) in [6, 6.07) is 0.538. The van der Waals surface area contributed by atoms with E-state index in [1.807, 2.05) is 0 Å². The lowest BCUT2D eigenvalue weighted by molar-refractivity contribution is 0.0343. The Kier molecular flexibility index (Phi) is 5.59. The van der Waals surface area contributed by atoms with Crippen molar-refractivity contribution in [3.63, 3.8) is 0 Å². The van der Waals surface area contributed by atoms with Gasteiger partial charge in [0.05, 0.1) is 6.61 Å². The van der Waals surface area contributed by atoms with Crippen LogP contribution in [0.4, 0.5) is 0 Å². The number of likely N-dealkylation sites (N-methyl/N-ethyl adjacent to an activating group) is 2. The Bertz CT molecular complexity index is 252. The quantitative estimate of drug-likeness (QED) is 0.780. The normalized spacial score (nSPS) is 26.3. The molecular formula is C14H31N3O. The predicted octanol–water partition coefficient (Wildman–Crippen LogP) is 0.747. The van der Waals surface area contributed by atoms with Crippen molar-refractivity contribution < 1.29 is 5.11 Å². The molecule has 0 aromatic rings. The van der Waals surface area contributed by atoms with Crippen molar-refractivity contribution in [3.8, 4) is 0 Å². The first-order chi connectivity index (χ1) is 8.27. The molecule has 0 bridgehead atoms. The molecule has 0 saturated carbocycles. The summed E-state index contributed by atoms with van der Waals surface area (Å²) < 4.78 is 0. The summed E-state index contributed by atoms with van der Waals surface area (Å²) in [6.07, 6.45) is 2.43. The number of hydrogen-bond donors (Lipinski definition) is 2. The van der Waals surface area contributed by atoms with Gasteiger partial charge in [0.15, 0.2) is 0 Å². The monoisotopic (exact) mass is 257 g/mol. The zero-order valence-corrected chi connectivity index (χ0v) is 12.7. The molecule has 1 rings (SSSR count). The highest BCUT2D eigenvalue weighted by molar-refractivity contribution is 4.92. The van der Waals surface area contributed by atoms with Gasteiger partial charge in [0, 0.05) is 24.7 Å². The van der Waals surface area contributed by atoms with E-state index in [1.54, 1.807) is 0 Å². The standard InChI is InChI=1S/C14H31N3O/c1-14(2,3)13(15)12(10-18)17(5)11-7-6-8-16(4)9-11/h11-13,18H,6-10,15H2,1-5H3. The van der Waals surface area contributed by atoms with Crippen molar-refractivity contribution >= 4 is 0 Å². The summed E-state index contributed by atoms with van der Waals surface area (Å²) in [6.45, 7) is 8.81. The van der Waals surface area contributed by atoms with Crippen LogP contribution < -0.4 is 5.73 Å². The molecule has 0 aromatic carbocycles. The van der Waals surface area contributed by atoms with Crippen LogP contribution in [0.2, 0.25) is 0 Å². The van der Waals surface area contributed by atoms with Crippen LogP contribution in [0, 0.1) is 5.41 Å². The third-order valence-electron chi connectivity index (χ3n) is 4.30. The van der Waals surface area contributed by atoms with Crippen molar-refractivity contribution in [3.05, 3.63) is 0 Å². The van der Waals surface area contributed by atoms with Crippen LogP contribution in [0.3, 0.4) is 0 Å². The van der Waals surface area contributed by atoms with E-state index in [9.17, 15) is 5.11 Å². The van der Waals surface area contributed by atoms with E-state index in [-0.39, 0.29) is 24.1 Å². The van der Waals surface area contributed by atoms with E-state index in [4.69, 9.17) is 5.73 Å². The van der Waals surface area contributed by atoms with Gasteiger partial charge in [-0.25, -0.2) is 0 Å². The van der Waals surface area contributed by atoms with E-state index in [0.717, 1.165) is 6.54 Å².